The standard InChI is InChI=1S/C23H30N2O2/c1-3-4-18-5-7-19(8-6-18)20-9-11-21(12-10-20)23(27)25-15-14-24(2)22(17-25)13-16-26/h5-12,22,26H,3-4,13-17H2,1-2H3/t22-/m1/s1. The summed E-state index contributed by atoms with van der Waals surface area (Å²) in [6, 6.07) is 16.8. The number of rotatable bonds is 6. The topological polar surface area (TPSA) is 43.8 Å². The number of nitrogens with zero attached hydrogens (tertiary/aromatic N) is 2. The molecule has 0 aliphatic carbocycles. The van der Waals surface area contributed by atoms with Crippen LogP contribution in [0.5, 0.6) is 0 Å². The normalized spacial score (nSPS) is 17.9. The lowest BCUT2D eigenvalue weighted by Gasteiger charge is -2.39. The van der Waals surface area contributed by atoms with Crippen LogP contribution in [0.15, 0.2) is 48.5 Å². The fourth-order valence-corrected chi connectivity index (χ4v) is 3.73. The molecule has 2 aromatic rings. The molecule has 4 heteroatoms. The minimum atomic E-state index is 0.0795. The number of benzene rings is 2. The predicted molar refractivity (Wildman–Crippen MR) is 110 cm³/mol. The summed E-state index contributed by atoms with van der Waals surface area (Å²) < 4.78 is 0. The highest BCUT2D eigenvalue weighted by atomic mass is 16.3. The van der Waals surface area contributed by atoms with Gasteiger partial charge in [-0.25, -0.2) is 0 Å². The zero-order chi connectivity index (χ0) is 19.2. The van der Waals surface area contributed by atoms with E-state index in [4.69, 9.17) is 0 Å². The van der Waals surface area contributed by atoms with Crippen molar-refractivity contribution in [1.82, 2.24) is 9.80 Å². The Labute approximate surface area is 162 Å². The average Bonchev–Trinajstić information content (AvgIpc) is 2.70. The molecule has 1 atom stereocenters. The number of carbonyl (C=O) groups is 1. The zero-order valence-corrected chi connectivity index (χ0v) is 16.4. The molecule has 0 saturated carbocycles. The van der Waals surface area contributed by atoms with Gasteiger partial charge in [-0.3, -0.25) is 9.69 Å². The van der Waals surface area contributed by atoms with Gasteiger partial charge >= 0.3 is 0 Å². The number of carbonyl (C=O) groups excluding carboxylic acids is 1. The highest BCUT2D eigenvalue weighted by Crippen LogP contribution is 2.22. The maximum Gasteiger partial charge on any atom is 0.253 e. The van der Waals surface area contributed by atoms with Gasteiger partial charge in [0, 0.05) is 37.8 Å². The smallest absolute Gasteiger partial charge is 0.253 e. The molecule has 0 radical (unpaired) electrons. The van der Waals surface area contributed by atoms with Gasteiger partial charge in [-0.05, 0) is 48.7 Å². The molecule has 2 aromatic carbocycles. The molecule has 3 rings (SSSR count). The van der Waals surface area contributed by atoms with Gasteiger partial charge < -0.3 is 10.0 Å². The molecule has 144 valence electrons. The molecule has 1 fully saturated rings. The van der Waals surface area contributed by atoms with Crippen LogP contribution in [-0.4, -0.2) is 60.1 Å². The molecule has 1 saturated heterocycles. The molecule has 0 unspecified atom stereocenters. The molecule has 0 bridgehead atoms. The lowest BCUT2D eigenvalue weighted by molar-refractivity contribution is 0.0500. The third-order valence-electron chi connectivity index (χ3n) is 5.48. The maximum absolute atomic E-state index is 12.9. The highest BCUT2D eigenvalue weighted by molar-refractivity contribution is 5.94. The summed E-state index contributed by atoms with van der Waals surface area (Å²) in [4.78, 5) is 17.0. The third kappa shape index (κ3) is 4.76. The Kier molecular flexibility index (Phi) is 6.64. The van der Waals surface area contributed by atoms with Crippen LogP contribution in [0.4, 0.5) is 0 Å². The Morgan fingerprint density at radius 1 is 1.04 bits per heavy atom. The Hall–Kier alpha value is -2.17. The first-order valence-corrected chi connectivity index (χ1v) is 9.92. The molecular weight excluding hydrogens is 336 g/mol. The molecule has 1 N–H and O–H groups in total. The minimum absolute atomic E-state index is 0.0795. The van der Waals surface area contributed by atoms with E-state index in [1.165, 1.54) is 11.1 Å². The van der Waals surface area contributed by atoms with E-state index in [1.807, 2.05) is 29.2 Å². The second kappa shape index (κ2) is 9.16. The molecule has 1 heterocycles. The summed E-state index contributed by atoms with van der Waals surface area (Å²) in [5.41, 5.74) is 4.40. The largest absolute Gasteiger partial charge is 0.396 e. The van der Waals surface area contributed by atoms with Crippen LogP contribution in [-0.2, 0) is 6.42 Å². The molecular formula is C23H30N2O2. The van der Waals surface area contributed by atoms with Gasteiger partial charge in [-0.2, -0.15) is 0 Å². The van der Waals surface area contributed by atoms with E-state index < -0.39 is 0 Å². The molecule has 27 heavy (non-hydrogen) atoms. The van der Waals surface area contributed by atoms with Crippen molar-refractivity contribution < 1.29 is 9.90 Å². The number of hydrogen-bond donors (Lipinski definition) is 1. The second-order valence-electron chi connectivity index (χ2n) is 7.42. The van der Waals surface area contributed by atoms with Gasteiger partial charge in [0.1, 0.15) is 0 Å². The molecule has 1 aliphatic rings. The Bertz CT molecular complexity index is 740. The van der Waals surface area contributed by atoms with E-state index in [9.17, 15) is 9.90 Å². The number of likely N-dealkylation sites (N-methyl/N-ethyl adjacent to an activating group) is 1. The Balaban J connectivity index is 1.68. The molecule has 1 aliphatic heterocycles. The SMILES string of the molecule is CCCc1ccc(-c2ccc(C(=O)N3CCN(C)[C@H](CCO)C3)cc2)cc1. The predicted octanol–water partition coefficient (Wildman–Crippen LogP) is 3.44. The number of piperazine rings is 1. The first kappa shape index (κ1) is 19.6. The quantitative estimate of drug-likeness (QED) is 0.852. The van der Waals surface area contributed by atoms with Crippen molar-refractivity contribution >= 4 is 5.91 Å². The number of amides is 1. The molecule has 1 amide bonds. The zero-order valence-electron chi connectivity index (χ0n) is 16.4. The summed E-state index contributed by atoms with van der Waals surface area (Å²) in [5.74, 6) is 0.0795. The van der Waals surface area contributed by atoms with Crippen LogP contribution >= 0.6 is 0 Å². The fourth-order valence-electron chi connectivity index (χ4n) is 3.73. The van der Waals surface area contributed by atoms with Crippen LogP contribution in [0.25, 0.3) is 11.1 Å². The van der Waals surface area contributed by atoms with Crippen molar-refractivity contribution in [3.05, 3.63) is 59.7 Å². The van der Waals surface area contributed by atoms with Crippen LogP contribution in [0.1, 0.15) is 35.7 Å². The van der Waals surface area contributed by atoms with Crippen molar-refractivity contribution in [1.29, 1.82) is 0 Å². The van der Waals surface area contributed by atoms with E-state index in [1.54, 1.807) is 0 Å². The monoisotopic (exact) mass is 366 g/mol. The van der Waals surface area contributed by atoms with Crippen molar-refractivity contribution in [2.24, 2.45) is 0 Å². The van der Waals surface area contributed by atoms with E-state index in [-0.39, 0.29) is 18.6 Å². The first-order chi connectivity index (χ1) is 13.1. The Morgan fingerprint density at radius 3 is 2.26 bits per heavy atom. The van der Waals surface area contributed by atoms with Gasteiger partial charge in [-0.1, -0.05) is 49.7 Å². The van der Waals surface area contributed by atoms with Crippen LogP contribution < -0.4 is 0 Å². The van der Waals surface area contributed by atoms with Gasteiger partial charge in [0.2, 0.25) is 0 Å². The highest BCUT2D eigenvalue weighted by Gasteiger charge is 2.27. The summed E-state index contributed by atoms with van der Waals surface area (Å²) in [6.07, 6.45) is 2.96. The van der Waals surface area contributed by atoms with Gasteiger partial charge in [0.05, 0.1) is 0 Å². The van der Waals surface area contributed by atoms with Gasteiger partial charge in [0.15, 0.2) is 0 Å². The van der Waals surface area contributed by atoms with E-state index in [0.717, 1.165) is 37.1 Å². The third-order valence-corrected chi connectivity index (χ3v) is 5.48. The lowest BCUT2D eigenvalue weighted by atomic mass is 10.0. The summed E-state index contributed by atoms with van der Waals surface area (Å²) >= 11 is 0. The number of aryl methyl sites for hydroxylation is 1. The van der Waals surface area contributed by atoms with Gasteiger partial charge in [-0.15, -0.1) is 0 Å². The maximum atomic E-state index is 12.9. The fraction of sp³-hybridized carbons (Fsp3) is 0.435. The number of aliphatic hydroxyl groups is 1. The summed E-state index contributed by atoms with van der Waals surface area (Å²) in [5, 5.41) is 9.23. The van der Waals surface area contributed by atoms with Gasteiger partial charge in [0.25, 0.3) is 5.91 Å². The molecule has 0 aromatic heterocycles. The number of hydrogen-bond acceptors (Lipinski definition) is 3. The Morgan fingerprint density at radius 2 is 1.67 bits per heavy atom. The van der Waals surface area contributed by atoms with Crippen molar-refractivity contribution in [3.8, 4) is 11.1 Å². The van der Waals surface area contributed by atoms with Crippen molar-refractivity contribution in [3.63, 3.8) is 0 Å². The van der Waals surface area contributed by atoms with Crippen LogP contribution in [0.3, 0.4) is 0 Å². The van der Waals surface area contributed by atoms with Crippen LogP contribution in [0, 0.1) is 0 Å². The molecule has 0 spiro atoms. The first-order valence-electron chi connectivity index (χ1n) is 9.92. The summed E-state index contributed by atoms with van der Waals surface area (Å²) in [7, 11) is 2.06. The number of aliphatic hydroxyl groups excluding tert-OH is 1. The second-order valence-corrected chi connectivity index (χ2v) is 7.42. The minimum Gasteiger partial charge on any atom is -0.396 e. The molecule has 4 nitrogen and oxygen atoms in total. The van der Waals surface area contributed by atoms with Crippen molar-refractivity contribution in [2.75, 3.05) is 33.3 Å². The van der Waals surface area contributed by atoms with E-state index >= 15 is 0 Å². The lowest BCUT2D eigenvalue weighted by Crippen LogP contribution is -2.53. The average molecular weight is 367 g/mol. The van der Waals surface area contributed by atoms with E-state index in [2.05, 4.69) is 43.1 Å². The van der Waals surface area contributed by atoms with Crippen LogP contribution in [0.2, 0.25) is 0 Å². The van der Waals surface area contributed by atoms with E-state index in [0.29, 0.717) is 13.0 Å². The van der Waals surface area contributed by atoms with Crippen molar-refractivity contribution in [2.45, 2.75) is 32.2 Å². The summed E-state index contributed by atoms with van der Waals surface area (Å²) in [6.45, 7) is 4.60.